The summed E-state index contributed by atoms with van der Waals surface area (Å²) >= 11 is 0. The molecule has 0 spiro atoms. The topological polar surface area (TPSA) is 40.8 Å². The number of hydrogen-bond acceptors (Lipinski definition) is 4. The van der Waals surface area contributed by atoms with Crippen molar-refractivity contribution in [3.05, 3.63) is 41.0 Å². The first-order valence-electron chi connectivity index (χ1n) is 10.0. The van der Waals surface area contributed by atoms with Crippen molar-refractivity contribution in [2.45, 2.75) is 39.4 Å². The Morgan fingerprint density at radius 2 is 1.53 bits per heavy atom. The zero-order valence-electron chi connectivity index (χ0n) is 16.7. The summed E-state index contributed by atoms with van der Waals surface area (Å²) in [5.74, 6) is -5.39. The molecular weight excluding hydrogens is 404 g/mol. The van der Waals surface area contributed by atoms with Crippen molar-refractivity contribution in [2.75, 3.05) is 19.8 Å². The molecular formula is C22H22F4O4. The van der Waals surface area contributed by atoms with Gasteiger partial charge >= 0.3 is 0 Å². The van der Waals surface area contributed by atoms with Gasteiger partial charge in [0.2, 0.25) is 5.82 Å². The molecule has 2 heterocycles. The highest BCUT2D eigenvalue weighted by Crippen LogP contribution is 2.40. The molecule has 0 atom stereocenters. The molecule has 30 heavy (non-hydrogen) atoms. The van der Waals surface area contributed by atoms with Crippen molar-refractivity contribution in [1.82, 2.24) is 0 Å². The van der Waals surface area contributed by atoms with Gasteiger partial charge in [-0.05, 0) is 19.4 Å². The zero-order chi connectivity index (χ0) is 21.4. The van der Waals surface area contributed by atoms with Gasteiger partial charge in [0.05, 0.1) is 36.2 Å². The number of rotatable bonds is 6. The normalized spacial score (nSPS) is 19.7. The molecule has 0 saturated carbocycles. The maximum atomic E-state index is 14.9. The summed E-state index contributed by atoms with van der Waals surface area (Å²) in [6.07, 6.45) is 1.90. The maximum Gasteiger partial charge on any atom is 0.201 e. The lowest BCUT2D eigenvalue weighted by molar-refractivity contribution is -0.207. The van der Waals surface area contributed by atoms with Crippen LogP contribution in [0.4, 0.5) is 17.6 Å². The molecule has 0 N–H and O–H groups in total. The Labute approximate surface area is 170 Å². The second-order valence-electron chi connectivity index (χ2n) is 7.38. The molecule has 0 radical (unpaired) electrons. The summed E-state index contributed by atoms with van der Waals surface area (Å²) in [5, 5.41) is -0.943. The van der Waals surface area contributed by atoms with Gasteiger partial charge in [0, 0.05) is 12.0 Å². The van der Waals surface area contributed by atoms with Crippen molar-refractivity contribution >= 4 is 21.9 Å². The third-order valence-corrected chi connectivity index (χ3v) is 5.29. The molecule has 162 valence electrons. The summed E-state index contributed by atoms with van der Waals surface area (Å²) in [6, 6.07) is 2.34. The van der Waals surface area contributed by atoms with Gasteiger partial charge in [-0.1, -0.05) is 19.8 Å². The molecule has 2 aromatic carbocycles. The molecule has 1 aromatic heterocycles. The van der Waals surface area contributed by atoms with E-state index in [2.05, 4.69) is 6.92 Å². The number of fused-ring (bicyclic) bond motifs is 3. The minimum absolute atomic E-state index is 0.102. The van der Waals surface area contributed by atoms with Crippen molar-refractivity contribution in [3.63, 3.8) is 0 Å². The lowest BCUT2D eigenvalue weighted by atomic mass is 10.0. The van der Waals surface area contributed by atoms with Gasteiger partial charge in [-0.2, -0.15) is 4.39 Å². The SMILES string of the molecule is CCCCC1COC(c2cc3oc4cc(OCC)c(F)c(F)c4c3c(F)c2F)OC1. The number of benzene rings is 2. The van der Waals surface area contributed by atoms with Crippen molar-refractivity contribution < 1.29 is 36.2 Å². The van der Waals surface area contributed by atoms with E-state index < -0.39 is 40.3 Å². The minimum Gasteiger partial charge on any atom is -0.491 e. The van der Waals surface area contributed by atoms with Crippen LogP contribution in [-0.2, 0) is 9.47 Å². The average molecular weight is 426 g/mol. The molecule has 0 bridgehead atoms. The highest BCUT2D eigenvalue weighted by molar-refractivity contribution is 6.06. The van der Waals surface area contributed by atoms with Gasteiger partial charge in [-0.25, -0.2) is 13.2 Å². The lowest BCUT2D eigenvalue weighted by Gasteiger charge is -2.29. The molecule has 1 fully saturated rings. The standard InChI is InChI=1S/C22H22F4O4/c1-3-5-6-11-9-28-22(29-10-11)12-7-13-16(20(25)18(12)23)17-14(30-13)8-15(27-4-2)19(24)21(17)26/h7-8,11,22H,3-6,9-10H2,1-2H3. The van der Waals surface area contributed by atoms with Gasteiger partial charge in [0.1, 0.15) is 11.2 Å². The first-order chi connectivity index (χ1) is 14.5. The van der Waals surface area contributed by atoms with Gasteiger partial charge in [0.25, 0.3) is 0 Å². The minimum atomic E-state index is -1.36. The second kappa shape index (κ2) is 8.43. The Morgan fingerprint density at radius 1 is 0.900 bits per heavy atom. The number of halogens is 4. The van der Waals surface area contributed by atoms with E-state index in [9.17, 15) is 17.6 Å². The van der Waals surface area contributed by atoms with E-state index in [1.165, 1.54) is 6.07 Å². The Morgan fingerprint density at radius 3 is 2.17 bits per heavy atom. The van der Waals surface area contributed by atoms with Crippen LogP contribution >= 0.6 is 0 Å². The van der Waals surface area contributed by atoms with Gasteiger partial charge in [-0.15, -0.1) is 0 Å². The molecule has 8 heteroatoms. The fourth-order valence-electron chi connectivity index (χ4n) is 3.76. The predicted octanol–water partition coefficient (Wildman–Crippen LogP) is 6.39. The van der Waals surface area contributed by atoms with E-state index in [0.29, 0.717) is 13.2 Å². The van der Waals surface area contributed by atoms with Crippen LogP contribution in [0.3, 0.4) is 0 Å². The van der Waals surface area contributed by atoms with Crippen LogP contribution in [0, 0.1) is 29.2 Å². The van der Waals surface area contributed by atoms with Crippen molar-refractivity contribution in [1.29, 1.82) is 0 Å². The zero-order valence-corrected chi connectivity index (χ0v) is 16.7. The second-order valence-corrected chi connectivity index (χ2v) is 7.38. The van der Waals surface area contributed by atoms with Crippen LogP contribution in [0.5, 0.6) is 5.75 Å². The smallest absolute Gasteiger partial charge is 0.201 e. The van der Waals surface area contributed by atoms with E-state index in [1.54, 1.807) is 6.92 Å². The summed E-state index contributed by atoms with van der Waals surface area (Å²) in [5.41, 5.74) is -0.460. The molecule has 1 aliphatic heterocycles. The van der Waals surface area contributed by atoms with Gasteiger partial charge < -0.3 is 18.6 Å². The van der Waals surface area contributed by atoms with Crippen LogP contribution in [0.1, 0.15) is 45.0 Å². The van der Waals surface area contributed by atoms with Crippen molar-refractivity contribution in [3.8, 4) is 5.75 Å². The summed E-state index contributed by atoms with van der Waals surface area (Å²) in [7, 11) is 0. The quantitative estimate of drug-likeness (QED) is 0.428. The van der Waals surface area contributed by atoms with Gasteiger partial charge in [0.15, 0.2) is 29.5 Å². The van der Waals surface area contributed by atoms with E-state index >= 15 is 0 Å². The predicted molar refractivity (Wildman–Crippen MR) is 102 cm³/mol. The number of unbranched alkanes of at least 4 members (excludes halogenated alkanes) is 1. The van der Waals surface area contributed by atoms with E-state index in [4.69, 9.17) is 18.6 Å². The van der Waals surface area contributed by atoms with E-state index in [-0.39, 0.29) is 35.0 Å². The highest BCUT2D eigenvalue weighted by Gasteiger charge is 2.31. The van der Waals surface area contributed by atoms with E-state index in [0.717, 1.165) is 25.3 Å². The molecule has 1 aliphatic rings. The Hall–Kier alpha value is -2.32. The Kier molecular flexibility index (Phi) is 5.88. The first kappa shape index (κ1) is 20.9. The fourth-order valence-corrected chi connectivity index (χ4v) is 3.76. The monoisotopic (exact) mass is 426 g/mol. The molecule has 0 unspecified atom stereocenters. The molecule has 0 amide bonds. The summed E-state index contributed by atoms with van der Waals surface area (Å²) < 4.78 is 80.4. The Bertz CT molecular complexity index is 1070. The largest absolute Gasteiger partial charge is 0.491 e. The van der Waals surface area contributed by atoms with Crippen LogP contribution in [-0.4, -0.2) is 19.8 Å². The van der Waals surface area contributed by atoms with E-state index in [1.807, 2.05) is 0 Å². The molecule has 4 rings (SSSR count). The maximum absolute atomic E-state index is 14.9. The first-order valence-corrected chi connectivity index (χ1v) is 10.0. The molecule has 3 aromatic rings. The Balaban J connectivity index is 1.75. The highest BCUT2D eigenvalue weighted by atomic mass is 19.2. The molecule has 0 aliphatic carbocycles. The fraction of sp³-hybridized carbons (Fsp3) is 0.455. The number of hydrogen-bond donors (Lipinski definition) is 0. The van der Waals surface area contributed by atoms with Crippen molar-refractivity contribution in [2.24, 2.45) is 5.92 Å². The summed E-state index contributed by atoms with van der Waals surface area (Å²) in [6.45, 7) is 4.52. The van der Waals surface area contributed by atoms with Crippen LogP contribution in [0.2, 0.25) is 0 Å². The average Bonchev–Trinajstić information content (AvgIpc) is 3.12. The van der Waals surface area contributed by atoms with Crippen LogP contribution < -0.4 is 4.74 Å². The molecule has 4 nitrogen and oxygen atoms in total. The number of ether oxygens (including phenoxy) is 3. The van der Waals surface area contributed by atoms with Gasteiger partial charge in [-0.3, -0.25) is 0 Å². The number of furan rings is 1. The third kappa shape index (κ3) is 3.52. The lowest BCUT2D eigenvalue weighted by Crippen LogP contribution is -2.27. The van der Waals surface area contributed by atoms with Crippen LogP contribution in [0.25, 0.3) is 21.9 Å². The van der Waals surface area contributed by atoms with Crippen LogP contribution in [0.15, 0.2) is 16.5 Å². The molecule has 1 saturated heterocycles. The summed E-state index contributed by atoms with van der Waals surface area (Å²) in [4.78, 5) is 0. The third-order valence-electron chi connectivity index (χ3n) is 5.29.